The van der Waals surface area contributed by atoms with Crippen molar-refractivity contribution in [1.82, 2.24) is 0 Å². The molecule has 0 amide bonds. The monoisotopic (exact) mass is 648 g/mol. The molecule has 1 aromatic heterocycles. The molecule has 0 unspecified atom stereocenters. The molecule has 7 aromatic carbocycles. The molecule has 2 heterocycles. The predicted molar refractivity (Wildman–Crippen MR) is 206 cm³/mol. The molecule has 4 heteroatoms. The maximum atomic E-state index is 6.71. The van der Waals surface area contributed by atoms with Crippen LogP contribution >= 0.6 is 11.3 Å². The summed E-state index contributed by atoms with van der Waals surface area (Å²) in [4.78, 5) is 4.68. The van der Waals surface area contributed by atoms with Crippen LogP contribution < -0.4 is 14.5 Å². The standard InChI is InChI=1S/C45H32N2OS/c1-45(2)37-16-8-6-14-33(37)34-23-20-30(26-38(34)45)46(29-12-4-3-5-13-29)31-22-25-40-42(27-31)48-41-18-10-9-17-39(41)47(40)32-21-24-36-35-15-7-11-19-43(35)49-44(36)28-32/h3-28H,1-2H3. The molecule has 234 valence electrons. The second-order valence-electron chi connectivity index (χ2n) is 13.4. The second-order valence-corrected chi connectivity index (χ2v) is 14.5. The zero-order chi connectivity index (χ0) is 32.7. The number of fused-ring (bicyclic) bond motifs is 8. The first kappa shape index (κ1) is 28.2. The van der Waals surface area contributed by atoms with Crippen molar-refractivity contribution >= 4 is 65.6 Å². The van der Waals surface area contributed by atoms with Crippen molar-refractivity contribution in [2.75, 3.05) is 9.80 Å². The summed E-state index contributed by atoms with van der Waals surface area (Å²) in [6.07, 6.45) is 0. The Morgan fingerprint density at radius 1 is 0.510 bits per heavy atom. The third kappa shape index (κ3) is 4.27. The van der Waals surface area contributed by atoms with Gasteiger partial charge in [-0.2, -0.15) is 0 Å². The van der Waals surface area contributed by atoms with Crippen LogP contribution in [0.15, 0.2) is 158 Å². The van der Waals surface area contributed by atoms with Crippen LogP contribution in [0.5, 0.6) is 11.5 Å². The van der Waals surface area contributed by atoms with Crippen molar-refractivity contribution in [3.05, 3.63) is 169 Å². The summed E-state index contributed by atoms with van der Waals surface area (Å²) in [6, 6.07) is 56.8. The van der Waals surface area contributed by atoms with Gasteiger partial charge in [0.25, 0.3) is 0 Å². The second kappa shape index (κ2) is 10.6. The van der Waals surface area contributed by atoms with E-state index in [0.717, 1.165) is 45.6 Å². The number of hydrogen-bond acceptors (Lipinski definition) is 4. The molecule has 0 radical (unpaired) electrons. The number of hydrogen-bond donors (Lipinski definition) is 0. The molecule has 10 rings (SSSR count). The summed E-state index contributed by atoms with van der Waals surface area (Å²) in [5.41, 5.74) is 11.7. The van der Waals surface area contributed by atoms with Crippen LogP contribution in [-0.4, -0.2) is 0 Å². The molecule has 8 aromatic rings. The van der Waals surface area contributed by atoms with Gasteiger partial charge in [-0.1, -0.05) is 98.8 Å². The van der Waals surface area contributed by atoms with E-state index in [4.69, 9.17) is 4.74 Å². The van der Waals surface area contributed by atoms with Crippen LogP contribution in [0.1, 0.15) is 25.0 Å². The Kier molecular flexibility index (Phi) is 6.09. The zero-order valence-electron chi connectivity index (χ0n) is 27.2. The number of thiophene rings is 1. The van der Waals surface area contributed by atoms with Gasteiger partial charge in [-0.25, -0.2) is 0 Å². The Morgan fingerprint density at radius 2 is 1.20 bits per heavy atom. The summed E-state index contributed by atoms with van der Waals surface area (Å²) in [5, 5.41) is 2.60. The van der Waals surface area contributed by atoms with Crippen LogP contribution in [0.3, 0.4) is 0 Å². The summed E-state index contributed by atoms with van der Waals surface area (Å²) < 4.78 is 9.29. The van der Waals surface area contributed by atoms with E-state index in [2.05, 4.69) is 175 Å². The molecule has 0 saturated carbocycles. The van der Waals surface area contributed by atoms with E-state index >= 15 is 0 Å². The first-order valence-corrected chi connectivity index (χ1v) is 17.6. The minimum atomic E-state index is -0.0943. The maximum Gasteiger partial charge on any atom is 0.153 e. The molecular weight excluding hydrogens is 617 g/mol. The van der Waals surface area contributed by atoms with Gasteiger partial charge < -0.3 is 14.5 Å². The molecule has 0 saturated heterocycles. The number of para-hydroxylation sites is 3. The van der Waals surface area contributed by atoms with Gasteiger partial charge in [-0.05, 0) is 89.0 Å². The molecule has 1 aliphatic heterocycles. The van der Waals surface area contributed by atoms with Gasteiger partial charge in [-0.3, -0.25) is 0 Å². The number of nitrogens with zero attached hydrogens (tertiary/aromatic N) is 2. The lowest BCUT2D eigenvalue weighted by molar-refractivity contribution is 0.477. The molecule has 49 heavy (non-hydrogen) atoms. The highest BCUT2D eigenvalue weighted by atomic mass is 32.1. The van der Waals surface area contributed by atoms with E-state index in [9.17, 15) is 0 Å². The Bertz CT molecular complexity index is 2580. The molecule has 0 fully saturated rings. The lowest BCUT2D eigenvalue weighted by Gasteiger charge is -2.34. The van der Waals surface area contributed by atoms with E-state index in [0.29, 0.717) is 0 Å². The molecule has 0 bridgehead atoms. The van der Waals surface area contributed by atoms with Crippen LogP contribution in [0, 0.1) is 0 Å². The third-order valence-corrected chi connectivity index (χ3v) is 11.4. The fraction of sp³-hybridized carbons (Fsp3) is 0.0667. The lowest BCUT2D eigenvalue weighted by atomic mass is 9.82. The van der Waals surface area contributed by atoms with Crippen LogP contribution in [0.2, 0.25) is 0 Å². The van der Waals surface area contributed by atoms with Crippen molar-refractivity contribution in [2.24, 2.45) is 0 Å². The fourth-order valence-electron chi connectivity index (χ4n) is 7.87. The van der Waals surface area contributed by atoms with Gasteiger partial charge in [0, 0.05) is 54.4 Å². The Labute approximate surface area is 289 Å². The smallest absolute Gasteiger partial charge is 0.153 e. The van der Waals surface area contributed by atoms with Crippen LogP contribution in [0.4, 0.5) is 34.1 Å². The highest BCUT2D eigenvalue weighted by Crippen LogP contribution is 2.54. The summed E-state index contributed by atoms with van der Waals surface area (Å²) in [5.74, 6) is 1.66. The molecule has 2 aliphatic rings. The minimum Gasteiger partial charge on any atom is -0.453 e. The molecule has 1 aliphatic carbocycles. The Hall–Kier alpha value is -5.84. The summed E-state index contributed by atoms with van der Waals surface area (Å²) in [7, 11) is 0. The third-order valence-electron chi connectivity index (χ3n) is 10.2. The minimum absolute atomic E-state index is 0.0943. The van der Waals surface area contributed by atoms with Gasteiger partial charge in [0.15, 0.2) is 11.5 Å². The normalized spacial score (nSPS) is 13.8. The first-order chi connectivity index (χ1) is 24.0. The first-order valence-electron chi connectivity index (χ1n) is 16.8. The van der Waals surface area contributed by atoms with E-state index in [1.54, 1.807) is 0 Å². The SMILES string of the molecule is CC1(C)c2ccccc2-c2ccc(N(c3ccccc3)c3ccc4c(c3)Oc3ccccc3N4c3ccc4c(c3)sc3ccccc34)cc21. The Morgan fingerprint density at radius 3 is 2.12 bits per heavy atom. The van der Waals surface area contributed by atoms with E-state index in [1.165, 1.54) is 42.4 Å². The average Bonchev–Trinajstić information content (AvgIpc) is 3.62. The van der Waals surface area contributed by atoms with E-state index in [-0.39, 0.29) is 5.41 Å². The number of ether oxygens (including phenoxy) is 1. The van der Waals surface area contributed by atoms with Gasteiger partial charge in [0.2, 0.25) is 0 Å². The molecule has 3 nitrogen and oxygen atoms in total. The van der Waals surface area contributed by atoms with Crippen molar-refractivity contribution in [3.63, 3.8) is 0 Å². The lowest BCUT2D eigenvalue weighted by Crippen LogP contribution is -2.18. The van der Waals surface area contributed by atoms with Crippen molar-refractivity contribution < 1.29 is 4.74 Å². The van der Waals surface area contributed by atoms with Gasteiger partial charge >= 0.3 is 0 Å². The zero-order valence-corrected chi connectivity index (χ0v) is 28.0. The quantitative estimate of drug-likeness (QED) is 0.189. The summed E-state index contributed by atoms with van der Waals surface area (Å²) in [6.45, 7) is 4.67. The average molecular weight is 649 g/mol. The van der Waals surface area contributed by atoms with E-state index < -0.39 is 0 Å². The fourth-order valence-corrected chi connectivity index (χ4v) is 9.01. The number of rotatable bonds is 4. The largest absolute Gasteiger partial charge is 0.453 e. The van der Waals surface area contributed by atoms with Crippen molar-refractivity contribution in [2.45, 2.75) is 19.3 Å². The highest BCUT2D eigenvalue weighted by molar-refractivity contribution is 7.25. The molecule has 0 atom stereocenters. The predicted octanol–water partition coefficient (Wildman–Crippen LogP) is 13.4. The molecular formula is C45H32N2OS. The van der Waals surface area contributed by atoms with Gasteiger partial charge in [0.05, 0.1) is 11.4 Å². The van der Waals surface area contributed by atoms with Crippen LogP contribution in [-0.2, 0) is 5.41 Å². The highest BCUT2D eigenvalue weighted by Gasteiger charge is 2.36. The maximum absolute atomic E-state index is 6.71. The Balaban J connectivity index is 1.12. The topological polar surface area (TPSA) is 15.7 Å². The van der Waals surface area contributed by atoms with Gasteiger partial charge in [-0.15, -0.1) is 11.3 Å². The molecule has 0 spiro atoms. The van der Waals surface area contributed by atoms with Crippen LogP contribution in [0.25, 0.3) is 31.3 Å². The van der Waals surface area contributed by atoms with Gasteiger partial charge in [0.1, 0.15) is 0 Å². The summed E-state index contributed by atoms with van der Waals surface area (Å²) >= 11 is 1.84. The van der Waals surface area contributed by atoms with Crippen molar-refractivity contribution in [1.29, 1.82) is 0 Å². The molecule has 0 N–H and O–H groups in total. The van der Waals surface area contributed by atoms with Crippen molar-refractivity contribution in [3.8, 4) is 22.6 Å². The van der Waals surface area contributed by atoms with E-state index in [1.807, 2.05) is 17.4 Å². The number of anilines is 6. The number of benzene rings is 7.